The maximum atomic E-state index is 12.5. The van der Waals surface area contributed by atoms with Crippen LogP contribution in [0.2, 0.25) is 0 Å². The lowest BCUT2D eigenvalue weighted by Crippen LogP contribution is -2.09. The van der Waals surface area contributed by atoms with Crippen molar-refractivity contribution in [3.05, 3.63) is 47.8 Å². The third kappa shape index (κ3) is 2.34. The van der Waals surface area contributed by atoms with Gasteiger partial charge in [0.2, 0.25) is 0 Å². The van der Waals surface area contributed by atoms with Crippen LogP contribution < -0.4 is 5.73 Å². The highest BCUT2D eigenvalue weighted by Gasteiger charge is 2.30. The Bertz CT molecular complexity index is 589. The number of carbonyl (C=O) groups is 1. The molecule has 2 rings (SSSR count). The zero-order valence-corrected chi connectivity index (χ0v) is 8.98. The van der Waals surface area contributed by atoms with Crippen LogP contribution in [0.25, 0.3) is 5.69 Å². The number of nitrogens with zero attached hydrogens (tertiary/aromatic N) is 2. The molecular formula is C11H8F3N3O. The Kier molecular flexibility index (Phi) is 2.82. The minimum atomic E-state index is -4.42. The Morgan fingerprint density at radius 2 is 2.06 bits per heavy atom. The largest absolute Gasteiger partial charge is 0.416 e. The molecule has 0 aliphatic carbocycles. The number of primary amides is 1. The first-order valence-corrected chi connectivity index (χ1v) is 4.90. The van der Waals surface area contributed by atoms with Gasteiger partial charge in [-0.2, -0.15) is 18.3 Å². The molecule has 0 aliphatic rings. The first-order valence-electron chi connectivity index (χ1n) is 4.90. The molecule has 4 nitrogen and oxygen atoms in total. The smallest absolute Gasteiger partial charge is 0.366 e. The van der Waals surface area contributed by atoms with Gasteiger partial charge in [-0.3, -0.25) is 4.79 Å². The molecule has 18 heavy (non-hydrogen) atoms. The zero-order valence-electron chi connectivity index (χ0n) is 8.98. The monoisotopic (exact) mass is 255 g/mol. The Morgan fingerprint density at radius 3 is 2.61 bits per heavy atom. The van der Waals surface area contributed by atoms with E-state index in [1.54, 1.807) is 0 Å². The number of hydrogen-bond donors (Lipinski definition) is 1. The van der Waals surface area contributed by atoms with Gasteiger partial charge in [-0.25, -0.2) is 4.68 Å². The van der Waals surface area contributed by atoms with Crippen molar-refractivity contribution in [1.82, 2.24) is 9.78 Å². The Hall–Kier alpha value is -2.31. The van der Waals surface area contributed by atoms with Crippen molar-refractivity contribution in [2.24, 2.45) is 5.73 Å². The Labute approximate surface area is 99.8 Å². The van der Waals surface area contributed by atoms with Crippen LogP contribution in [0.15, 0.2) is 36.7 Å². The van der Waals surface area contributed by atoms with E-state index in [9.17, 15) is 18.0 Å². The predicted octanol–water partition coefficient (Wildman–Crippen LogP) is 1.99. The van der Waals surface area contributed by atoms with E-state index in [0.29, 0.717) is 0 Å². The summed E-state index contributed by atoms with van der Waals surface area (Å²) in [5.74, 6) is -0.687. The zero-order chi connectivity index (χ0) is 13.3. The van der Waals surface area contributed by atoms with Crippen molar-refractivity contribution in [2.75, 3.05) is 0 Å². The molecule has 0 atom stereocenters. The number of amides is 1. The summed E-state index contributed by atoms with van der Waals surface area (Å²) in [6.45, 7) is 0. The predicted molar refractivity (Wildman–Crippen MR) is 57.1 cm³/mol. The van der Waals surface area contributed by atoms with Crippen LogP contribution in [0, 0.1) is 0 Å². The fourth-order valence-corrected chi connectivity index (χ4v) is 1.42. The highest BCUT2D eigenvalue weighted by molar-refractivity contribution is 5.92. The molecule has 2 N–H and O–H groups in total. The van der Waals surface area contributed by atoms with Crippen LogP contribution in [0.1, 0.15) is 15.9 Å². The average molecular weight is 255 g/mol. The summed E-state index contributed by atoms with van der Waals surface area (Å²) in [6, 6.07) is 4.62. The lowest BCUT2D eigenvalue weighted by atomic mass is 10.2. The normalized spacial score (nSPS) is 11.5. The van der Waals surface area contributed by atoms with Gasteiger partial charge in [0, 0.05) is 6.20 Å². The van der Waals surface area contributed by atoms with Crippen LogP contribution >= 0.6 is 0 Å². The van der Waals surface area contributed by atoms with Gasteiger partial charge in [-0.1, -0.05) is 6.07 Å². The van der Waals surface area contributed by atoms with E-state index in [2.05, 4.69) is 5.10 Å². The summed E-state index contributed by atoms with van der Waals surface area (Å²) < 4.78 is 38.7. The molecule has 1 amide bonds. The third-order valence-electron chi connectivity index (χ3n) is 2.31. The van der Waals surface area contributed by atoms with Gasteiger partial charge in [-0.05, 0) is 18.2 Å². The van der Waals surface area contributed by atoms with Gasteiger partial charge < -0.3 is 5.73 Å². The van der Waals surface area contributed by atoms with Crippen LogP contribution in [0.3, 0.4) is 0 Å². The van der Waals surface area contributed by atoms with E-state index in [1.165, 1.54) is 24.5 Å². The van der Waals surface area contributed by atoms with Crippen molar-refractivity contribution in [3.8, 4) is 5.69 Å². The summed E-state index contributed by atoms with van der Waals surface area (Å²) in [5.41, 5.74) is 4.59. The van der Waals surface area contributed by atoms with Crippen LogP contribution in [-0.2, 0) is 6.18 Å². The SMILES string of the molecule is NC(=O)c1cnn(-c2cccc(C(F)(F)F)c2)c1. The molecule has 0 aliphatic heterocycles. The van der Waals surface area contributed by atoms with Gasteiger partial charge in [0.15, 0.2) is 0 Å². The molecule has 0 saturated carbocycles. The van der Waals surface area contributed by atoms with Crippen LogP contribution in [0.5, 0.6) is 0 Å². The summed E-state index contributed by atoms with van der Waals surface area (Å²) in [4.78, 5) is 10.9. The number of rotatable bonds is 2. The maximum absolute atomic E-state index is 12.5. The number of benzene rings is 1. The minimum absolute atomic E-state index is 0.132. The summed E-state index contributed by atoms with van der Waals surface area (Å²) >= 11 is 0. The molecule has 0 spiro atoms. The van der Waals surface area contributed by atoms with E-state index < -0.39 is 17.6 Å². The standard InChI is InChI=1S/C11H8F3N3O/c12-11(13,14)8-2-1-3-9(4-8)17-6-7(5-16-17)10(15)18/h1-6H,(H2,15,18). The molecule has 0 unspecified atom stereocenters. The first kappa shape index (κ1) is 12.2. The van der Waals surface area contributed by atoms with E-state index >= 15 is 0 Å². The molecule has 1 heterocycles. The van der Waals surface area contributed by atoms with Gasteiger partial charge in [-0.15, -0.1) is 0 Å². The third-order valence-corrected chi connectivity index (χ3v) is 2.31. The highest BCUT2D eigenvalue weighted by Crippen LogP contribution is 2.30. The van der Waals surface area contributed by atoms with Crippen molar-refractivity contribution in [1.29, 1.82) is 0 Å². The molecule has 0 fully saturated rings. The molecule has 0 radical (unpaired) electrons. The van der Waals surface area contributed by atoms with Crippen molar-refractivity contribution < 1.29 is 18.0 Å². The van der Waals surface area contributed by atoms with Crippen LogP contribution in [-0.4, -0.2) is 15.7 Å². The second-order valence-corrected chi connectivity index (χ2v) is 3.59. The molecule has 2 aromatic rings. The van der Waals surface area contributed by atoms with Crippen molar-refractivity contribution in [2.45, 2.75) is 6.18 Å². The molecule has 0 bridgehead atoms. The maximum Gasteiger partial charge on any atom is 0.416 e. The van der Waals surface area contributed by atoms with E-state index in [1.807, 2.05) is 0 Å². The fourth-order valence-electron chi connectivity index (χ4n) is 1.42. The number of alkyl halides is 3. The quantitative estimate of drug-likeness (QED) is 0.892. The molecular weight excluding hydrogens is 247 g/mol. The second kappa shape index (κ2) is 4.17. The second-order valence-electron chi connectivity index (χ2n) is 3.59. The Morgan fingerprint density at radius 1 is 1.33 bits per heavy atom. The van der Waals surface area contributed by atoms with Gasteiger partial charge >= 0.3 is 6.18 Å². The summed E-state index contributed by atoms with van der Waals surface area (Å²) in [6.07, 6.45) is -1.95. The van der Waals surface area contributed by atoms with Gasteiger partial charge in [0.1, 0.15) is 0 Å². The summed E-state index contributed by atoms with van der Waals surface area (Å²) in [5, 5.41) is 3.78. The molecule has 1 aromatic carbocycles. The molecule has 94 valence electrons. The number of carbonyl (C=O) groups excluding carboxylic acids is 1. The lowest BCUT2D eigenvalue weighted by Gasteiger charge is -2.08. The number of hydrogen-bond acceptors (Lipinski definition) is 2. The lowest BCUT2D eigenvalue weighted by molar-refractivity contribution is -0.137. The summed E-state index contributed by atoms with van der Waals surface area (Å²) in [7, 11) is 0. The minimum Gasteiger partial charge on any atom is -0.366 e. The molecule has 1 aromatic heterocycles. The van der Waals surface area contributed by atoms with E-state index in [0.717, 1.165) is 16.8 Å². The highest BCUT2D eigenvalue weighted by atomic mass is 19.4. The topological polar surface area (TPSA) is 60.9 Å². The van der Waals surface area contributed by atoms with Crippen molar-refractivity contribution >= 4 is 5.91 Å². The van der Waals surface area contributed by atoms with Crippen LogP contribution in [0.4, 0.5) is 13.2 Å². The van der Waals surface area contributed by atoms with Gasteiger partial charge in [0.25, 0.3) is 5.91 Å². The first-order chi connectivity index (χ1) is 8.38. The van der Waals surface area contributed by atoms with E-state index in [-0.39, 0.29) is 11.3 Å². The van der Waals surface area contributed by atoms with E-state index in [4.69, 9.17) is 5.73 Å². The number of nitrogens with two attached hydrogens (primary N) is 1. The Balaban J connectivity index is 2.41. The average Bonchev–Trinajstić information content (AvgIpc) is 2.77. The molecule has 7 heteroatoms. The fraction of sp³-hybridized carbons (Fsp3) is 0.0909. The number of aromatic nitrogens is 2. The van der Waals surface area contributed by atoms with Gasteiger partial charge in [0.05, 0.1) is 23.0 Å². The number of halogens is 3. The van der Waals surface area contributed by atoms with Crippen molar-refractivity contribution in [3.63, 3.8) is 0 Å². The molecule has 0 saturated heterocycles.